The van der Waals surface area contributed by atoms with Crippen molar-refractivity contribution in [3.63, 3.8) is 0 Å². The van der Waals surface area contributed by atoms with E-state index in [1.54, 1.807) is 31.3 Å². The van der Waals surface area contributed by atoms with Crippen LogP contribution in [0, 0.1) is 0 Å². The Morgan fingerprint density at radius 1 is 1.00 bits per heavy atom. The minimum Gasteiger partial charge on any atom is -0.352 e. The fourth-order valence-corrected chi connectivity index (χ4v) is 2.64. The smallest absolute Gasteiger partial charge is 0.254 e. The highest BCUT2D eigenvalue weighted by Gasteiger charge is 2.15. The van der Waals surface area contributed by atoms with E-state index in [2.05, 4.69) is 10.6 Å². The Bertz CT molecular complexity index is 816. The van der Waals surface area contributed by atoms with Crippen molar-refractivity contribution < 1.29 is 14.4 Å². The molecule has 0 aliphatic heterocycles. The van der Waals surface area contributed by atoms with E-state index in [9.17, 15) is 14.4 Å². The first kappa shape index (κ1) is 20.2. The second-order valence-corrected chi connectivity index (χ2v) is 6.33. The maximum absolute atomic E-state index is 12.5. The molecule has 0 aliphatic carbocycles. The van der Waals surface area contributed by atoms with Crippen molar-refractivity contribution in [2.45, 2.75) is 26.8 Å². The number of nitrogens with zero attached hydrogens (tertiary/aromatic N) is 1. The second kappa shape index (κ2) is 9.52. The van der Waals surface area contributed by atoms with E-state index in [4.69, 9.17) is 0 Å². The predicted octanol–water partition coefficient (Wildman–Crippen LogP) is 2.60. The summed E-state index contributed by atoms with van der Waals surface area (Å²) in [6.07, 6.45) is 0.816. The second-order valence-electron chi connectivity index (χ2n) is 6.33. The highest BCUT2D eigenvalue weighted by atomic mass is 16.2. The third-order valence-corrected chi connectivity index (χ3v) is 4.14. The summed E-state index contributed by atoms with van der Waals surface area (Å²) in [7, 11) is 1.60. The number of para-hydroxylation sites is 1. The van der Waals surface area contributed by atoms with Gasteiger partial charge in [0.05, 0.1) is 6.54 Å². The molecule has 0 saturated carbocycles. The maximum atomic E-state index is 12.5. The molecule has 2 aromatic rings. The zero-order chi connectivity index (χ0) is 19.8. The molecule has 27 heavy (non-hydrogen) atoms. The normalized spacial score (nSPS) is 10.2. The number of likely N-dealkylation sites (N-methyl/N-ethyl adjacent to an activating group) is 1. The summed E-state index contributed by atoms with van der Waals surface area (Å²) < 4.78 is 0. The summed E-state index contributed by atoms with van der Waals surface area (Å²) in [5, 5.41) is 5.57. The molecule has 0 bridgehead atoms. The van der Waals surface area contributed by atoms with Crippen LogP contribution in [-0.4, -0.2) is 36.2 Å². The Balaban J connectivity index is 1.94. The third-order valence-electron chi connectivity index (χ3n) is 4.14. The SMILES string of the molecule is CCc1ccccc1NC(=O)CN(C)C(=O)c1ccc(CNC(C)=O)cc1. The standard InChI is InChI=1S/C21H25N3O3/c1-4-17-7-5-6-8-19(17)23-20(26)14-24(3)21(27)18-11-9-16(10-12-18)13-22-15(2)25/h5-12H,4,13-14H2,1-3H3,(H,22,25)(H,23,26). The molecular weight excluding hydrogens is 342 g/mol. The van der Waals surface area contributed by atoms with E-state index in [-0.39, 0.29) is 24.3 Å². The van der Waals surface area contributed by atoms with Crippen LogP contribution in [0.15, 0.2) is 48.5 Å². The van der Waals surface area contributed by atoms with Crippen molar-refractivity contribution in [2.24, 2.45) is 0 Å². The monoisotopic (exact) mass is 367 g/mol. The van der Waals surface area contributed by atoms with E-state index < -0.39 is 0 Å². The molecule has 0 aliphatic rings. The largest absolute Gasteiger partial charge is 0.352 e. The van der Waals surface area contributed by atoms with Crippen molar-refractivity contribution in [2.75, 3.05) is 18.9 Å². The number of rotatable bonds is 7. The first-order chi connectivity index (χ1) is 12.9. The van der Waals surface area contributed by atoms with Gasteiger partial charge in [0, 0.05) is 31.8 Å². The predicted molar refractivity (Wildman–Crippen MR) is 105 cm³/mol. The number of amides is 3. The Labute approximate surface area is 159 Å². The van der Waals surface area contributed by atoms with Gasteiger partial charge in [-0.2, -0.15) is 0 Å². The van der Waals surface area contributed by atoms with E-state index in [1.165, 1.54) is 11.8 Å². The van der Waals surface area contributed by atoms with Gasteiger partial charge in [0.1, 0.15) is 0 Å². The number of aryl methyl sites for hydroxylation is 1. The Morgan fingerprint density at radius 2 is 1.67 bits per heavy atom. The minimum absolute atomic E-state index is 0.0372. The van der Waals surface area contributed by atoms with Crippen LogP contribution in [0.1, 0.15) is 35.3 Å². The quantitative estimate of drug-likeness (QED) is 0.790. The van der Waals surface area contributed by atoms with Gasteiger partial charge in [-0.3, -0.25) is 14.4 Å². The average Bonchev–Trinajstić information content (AvgIpc) is 2.66. The first-order valence-electron chi connectivity index (χ1n) is 8.87. The fourth-order valence-electron chi connectivity index (χ4n) is 2.64. The molecule has 0 fully saturated rings. The van der Waals surface area contributed by atoms with Crippen LogP contribution in [0.3, 0.4) is 0 Å². The molecule has 6 nitrogen and oxygen atoms in total. The van der Waals surface area contributed by atoms with Crippen LogP contribution in [0.2, 0.25) is 0 Å². The van der Waals surface area contributed by atoms with E-state index in [1.807, 2.05) is 31.2 Å². The molecule has 0 unspecified atom stereocenters. The van der Waals surface area contributed by atoms with Crippen molar-refractivity contribution in [3.8, 4) is 0 Å². The molecule has 2 aromatic carbocycles. The fraction of sp³-hybridized carbons (Fsp3) is 0.286. The lowest BCUT2D eigenvalue weighted by molar-refractivity contribution is -0.119. The van der Waals surface area contributed by atoms with Gasteiger partial charge in [-0.25, -0.2) is 0 Å². The number of carbonyl (C=O) groups excluding carboxylic acids is 3. The van der Waals surface area contributed by atoms with Crippen LogP contribution in [-0.2, 0) is 22.6 Å². The van der Waals surface area contributed by atoms with Crippen molar-refractivity contribution in [1.82, 2.24) is 10.2 Å². The maximum Gasteiger partial charge on any atom is 0.254 e. The van der Waals surface area contributed by atoms with Gasteiger partial charge in [-0.1, -0.05) is 37.3 Å². The van der Waals surface area contributed by atoms with Crippen molar-refractivity contribution in [3.05, 3.63) is 65.2 Å². The number of nitrogens with one attached hydrogen (secondary N) is 2. The van der Waals surface area contributed by atoms with Gasteiger partial charge in [-0.05, 0) is 35.7 Å². The van der Waals surface area contributed by atoms with E-state index in [0.29, 0.717) is 12.1 Å². The molecule has 0 aromatic heterocycles. The summed E-state index contributed by atoms with van der Waals surface area (Å²) in [5.74, 6) is -0.584. The Morgan fingerprint density at radius 3 is 2.30 bits per heavy atom. The Hall–Kier alpha value is -3.15. The van der Waals surface area contributed by atoms with Gasteiger partial charge in [0.2, 0.25) is 11.8 Å². The van der Waals surface area contributed by atoms with Gasteiger partial charge < -0.3 is 15.5 Å². The molecule has 3 amide bonds. The van der Waals surface area contributed by atoms with Gasteiger partial charge in [0.25, 0.3) is 5.91 Å². The van der Waals surface area contributed by atoms with Gasteiger partial charge in [0.15, 0.2) is 0 Å². The topological polar surface area (TPSA) is 78.5 Å². The lowest BCUT2D eigenvalue weighted by Crippen LogP contribution is -2.35. The van der Waals surface area contributed by atoms with Crippen LogP contribution >= 0.6 is 0 Å². The van der Waals surface area contributed by atoms with Crippen LogP contribution in [0.5, 0.6) is 0 Å². The number of benzene rings is 2. The summed E-state index contributed by atoms with van der Waals surface area (Å²) in [6, 6.07) is 14.6. The lowest BCUT2D eigenvalue weighted by Gasteiger charge is -2.18. The zero-order valence-corrected chi connectivity index (χ0v) is 15.9. The molecule has 142 valence electrons. The van der Waals surface area contributed by atoms with Crippen LogP contribution in [0.25, 0.3) is 0 Å². The summed E-state index contributed by atoms with van der Waals surface area (Å²) in [5.41, 5.74) is 3.21. The third kappa shape index (κ3) is 5.95. The van der Waals surface area contributed by atoms with Gasteiger partial charge >= 0.3 is 0 Å². The van der Waals surface area contributed by atoms with Crippen LogP contribution in [0.4, 0.5) is 5.69 Å². The van der Waals surface area contributed by atoms with Gasteiger partial charge in [-0.15, -0.1) is 0 Å². The van der Waals surface area contributed by atoms with E-state index >= 15 is 0 Å². The zero-order valence-electron chi connectivity index (χ0n) is 15.9. The summed E-state index contributed by atoms with van der Waals surface area (Å²) in [4.78, 5) is 37.1. The first-order valence-corrected chi connectivity index (χ1v) is 8.87. The molecule has 2 N–H and O–H groups in total. The molecule has 2 rings (SSSR count). The molecule has 0 radical (unpaired) electrons. The number of anilines is 1. The number of carbonyl (C=O) groups is 3. The number of hydrogen-bond acceptors (Lipinski definition) is 3. The summed E-state index contributed by atoms with van der Waals surface area (Å²) in [6.45, 7) is 3.86. The Kier molecular flexibility index (Phi) is 7.11. The molecule has 0 heterocycles. The van der Waals surface area contributed by atoms with Crippen molar-refractivity contribution in [1.29, 1.82) is 0 Å². The van der Waals surface area contributed by atoms with E-state index in [0.717, 1.165) is 23.2 Å². The highest BCUT2D eigenvalue weighted by molar-refractivity contribution is 5.99. The summed E-state index contributed by atoms with van der Waals surface area (Å²) >= 11 is 0. The minimum atomic E-state index is -0.242. The molecule has 0 atom stereocenters. The van der Waals surface area contributed by atoms with Crippen LogP contribution < -0.4 is 10.6 Å². The highest BCUT2D eigenvalue weighted by Crippen LogP contribution is 2.15. The molecular formula is C21H25N3O3. The molecule has 6 heteroatoms. The molecule has 0 saturated heterocycles. The molecule has 0 spiro atoms. The average molecular weight is 367 g/mol. The number of hydrogen-bond donors (Lipinski definition) is 2. The van der Waals surface area contributed by atoms with Crippen molar-refractivity contribution >= 4 is 23.4 Å². The lowest BCUT2D eigenvalue weighted by atomic mass is 10.1.